The number of nitrogens with one attached hydrogen (secondary N) is 3. The summed E-state index contributed by atoms with van der Waals surface area (Å²) in [5.41, 5.74) is 1.61. The van der Waals surface area contributed by atoms with Gasteiger partial charge >= 0.3 is 5.69 Å². The molecule has 0 spiro atoms. The minimum Gasteiger partial charge on any atom is -0.493 e. The molecule has 0 saturated heterocycles. The van der Waals surface area contributed by atoms with Gasteiger partial charge in [-0.05, 0) is 44.1 Å². The number of H-pyrrole nitrogens is 2. The molecule has 1 amide bonds. The second-order valence-corrected chi connectivity index (χ2v) is 9.71. The van der Waals surface area contributed by atoms with Gasteiger partial charge in [0.05, 0.1) is 27.7 Å². The average molecular weight is 509 g/mol. The molecule has 1 aliphatic carbocycles. The van der Waals surface area contributed by atoms with Crippen molar-refractivity contribution in [3.63, 3.8) is 0 Å². The lowest BCUT2D eigenvalue weighted by atomic mass is 10.3. The summed E-state index contributed by atoms with van der Waals surface area (Å²) in [6, 6.07) is 5.84. The zero-order valence-corrected chi connectivity index (χ0v) is 20.9. The predicted octanol–water partition coefficient (Wildman–Crippen LogP) is 0.862. The van der Waals surface area contributed by atoms with Gasteiger partial charge in [-0.15, -0.1) is 11.3 Å². The van der Waals surface area contributed by atoms with Crippen LogP contribution in [0.5, 0.6) is 5.88 Å². The second kappa shape index (κ2) is 10.1. The topological polar surface area (TPSA) is 144 Å². The number of hydrogen-bond acceptors (Lipinski definition) is 8. The van der Waals surface area contributed by atoms with Gasteiger partial charge in [0.25, 0.3) is 5.91 Å². The Morgan fingerprint density at radius 1 is 1.33 bits per heavy atom. The lowest BCUT2D eigenvalue weighted by molar-refractivity contribution is 0.0953. The molecule has 0 atom stereocenters. The van der Waals surface area contributed by atoms with E-state index >= 15 is 0 Å². The fourth-order valence-corrected chi connectivity index (χ4v) is 4.76. The van der Waals surface area contributed by atoms with Crippen LogP contribution in [0.4, 0.5) is 0 Å². The number of carbonyl (C=O) groups excluding carboxylic acids is 1. The van der Waals surface area contributed by atoms with Crippen molar-refractivity contribution in [1.82, 2.24) is 34.8 Å². The van der Waals surface area contributed by atoms with Crippen LogP contribution in [0.15, 0.2) is 34.2 Å². The first kappa shape index (κ1) is 23.9. The van der Waals surface area contributed by atoms with Crippen LogP contribution in [-0.4, -0.2) is 72.7 Å². The van der Waals surface area contributed by atoms with Gasteiger partial charge in [0.2, 0.25) is 5.88 Å². The van der Waals surface area contributed by atoms with Crippen molar-refractivity contribution in [2.24, 2.45) is 4.99 Å². The molecule has 5 rings (SSSR count). The molecule has 0 aromatic carbocycles. The van der Waals surface area contributed by atoms with E-state index in [0.717, 1.165) is 37.4 Å². The molecule has 36 heavy (non-hydrogen) atoms. The summed E-state index contributed by atoms with van der Waals surface area (Å²) in [7, 11) is 0. The number of aromatic nitrogens is 5. The number of likely N-dealkylation sites (N-methyl/N-ethyl adjacent to an activating group) is 1. The molecule has 0 unspecified atom stereocenters. The minimum atomic E-state index is -0.505. The Morgan fingerprint density at radius 2 is 2.14 bits per heavy atom. The molecule has 1 saturated carbocycles. The van der Waals surface area contributed by atoms with Gasteiger partial charge in [0.15, 0.2) is 11.1 Å². The van der Waals surface area contributed by atoms with Crippen molar-refractivity contribution in [1.29, 1.82) is 0 Å². The lowest BCUT2D eigenvalue weighted by Gasteiger charge is -2.17. The SMILES string of the molecule is CCN(CC)CCNC(=O)c1ccc(-c2cc(=NC3CC3)n3ncc(=Cc4[nH]c(=O)[nH]c4O)c3n2)s1. The Morgan fingerprint density at radius 3 is 2.83 bits per heavy atom. The molecule has 1 aliphatic rings. The lowest BCUT2D eigenvalue weighted by Crippen LogP contribution is -2.34. The van der Waals surface area contributed by atoms with Gasteiger partial charge in [-0.25, -0.2) is 9.78 Å². The highest BCUT2D eigenvalue weighted by Gasteiger charge is 2.21. The van der Waals surface area contributed by atoms with E-state index in [4.69, 9.17) is 9.98 Å². The molecular formula is C24H28N8O3S. The minimum absolute atomic E-state index is 0.104. The number of amides is 1. The van der Waals surface area contributed by atoms with Crippen molar-refractivity contribution < 1.29 is 9.90 Å². The summed E-state index contributed by atoms with van der Waals surface area (Å²) in [6.07, 6.45) is 5.30. The van der Waals surface area contributed by atoms with E-state index in [1.165, 1.54) is 11.3 Å². The number of nitrogens with zero attached hydrogens (tertiary/aromatic N) is 5. The Labute approximate surface area is 210 Å². The summed E-state index contributed by atoms with van der Waals surface area (Å²) in [6.45, 7) is 7.51. The number of imidazole rings is 1. The maximum atomic E-state index is 12.7. The van der Waals surface area contributed by atoms with Gasteiger partial charge < -0.3 is 20.3 Å². The molecule has 0 bridgehead atoms. The zero-order valence-electron chi connectivity index (χ0n) is 20.1. The van der Waals surface area contributed by atoms with Crippen molar-refractivity contribution in [3.05, 3.63) is 56.2 Å². The standard InChI is InChI=1S/C24H28N8O3S/c1-3-31(4-2)10-9-25-23(34)19-8-7-18(36-19)16-12-20(27-15-5-6-15)32-21(28-16)14(13-26-32)11-17-22(33)30-24(35)29-17/h7-8,11-13,15,33H,3-6,9-10H2,1-2H3,(H,25,34)(H2,29,30,35). The molecule has 4 heterocycles. The first-order chi connectivity index (χ1) is 17.4. The molecule has 4 aromatic heterocycles. The van der Waals surface area contributed by atoms with Crippen molar-refractivity contribution >= 4 is 29.0 Å². The molecule has 4 N–H and O–H groups in total. The average Bonchev–Trinajstić information content (AvgIpc) is 3.25. The highest BCUT2D eigenvalue weighted by atomic mass is 32.1. The number of hydrogen-bond donors (Lipinski definition) is 4. The summed E-state index contributed by atoms with van der Waals surface area (Å²) < 4.78 is 1.66. The molecular weight excluding hydrogens is 480 g/mol. The quantitative estimate of drug-likeness (QED) is 0.264. The van der Waals surface area contributed by atoms with Crippen LogP contribution in [0.2, 0.25) is 0 Å². The molecule has 1 fully saturated rings. The van der Waals surface area contributed by atoms with E-state index < -0.39 is 5.69 Å². The van der Waals surface area contributed by atoms with Gasteiger partial charge in [-0.1, -0.05) is 13.8 Å². The molecule has 4 aromatic rings. The maximum absolute atomic E-state index is 12.7. The van der Waals surface area contributed by atoms with Crippen molar-refractivity contribution in [2.45, 2.75) is 32.7 Å². The fraction of sp³-hybridized carbons (Fsp3) is 0.375. The molecule has 0 radical (unpaired) electrons. The summed E-state index contributed by atoms with van der Waals surface area (Å²) in [4.78, 5) is 42.4. The Bertz CT molecular complexity index is 1570. The summed E-state index contributed by atoms with van der Waals surface area (Å²) in [5, 5.41) is 18.0. The molecule has 11 nitrogen and oxygen atoms in total. The van der Waals surface area contributed by atoms with Gasteiger partial charge in [-0.2, -0.15) is 9.61 Å². The normalized spacial score (nSPS) is 14.9. The van der Waals surface area contributed by atoms with Crippen molar-refractivity contribution in [3.8, 4) is 16.5 Å². The van der Waals surface area contributed by atoms with Crippen LogP contribution in [-0.2, 0) is 0 Å². The number of carbonyl (C=O) groups is 1. The van der Waals surface area contributed by atoms with Crippen LogP contribution in [0.3, 0.4) is 0 Å². The molecule has 188 valence electrons. The number of aromatic amines is 2. The number of aromatic hydroxyl groups is 1. The van der Waals surface area contributed by atoms with E-state index in [-0.39, 0.29) is 23.5 Å². The number of fused-ring (bicyclic) bond motifs is 1. The van der Waals surface area contributed by atoms with Crippen LogP contribution >= 0.6 is 11.3 Å². The smallest absolute Gasteiger partial charge is 0.326 e. The third-order valence-electron chi connectivity index (χ3n) is 6.07. The maximum Gasteiger partial charge on any atom is 0.326 e. The Balaban J connectivity index is 1.49. The first-order valence-electron chi connectivity index (χ1n) is 12.0. The highest BCUT2D eigenvalue weighted by molar-refractivity contribution is 7.17. The van der Waals surface area contributed by atoms with Crippen LogP contribution in [0.1, 0.15) is 42.1 Å². The third kappa shape index (κ3) is 5.09. The van der Waals surface area contributed by atoms with Gasteiger partial charge in [0, 0.05) is 24.4 Å². The number of thiophene rings is 1. The molecule has 12 heteroatoms. The van der Waals surface area contributed by atoms with Crippen LogP contribution < -0.4 is 21.7 Å². The van der Waals surface area contributed by atoms with Gasteiger partial charge in [0.1, 0.15) is 5.69 Å². The summed E-state index contributed by atoms with van der Waals surface area (Å²) >= 11 is 1.37. The Hall–Kier alpha value is -3.77. The van der Waals surface area contributed by atoms with Crippen molar-refractivity contribution in [2.75, 3.05) is 26.2 Å². The monoisotopic (exact) mass is 508 g/mol. The van der Waals surface area contributed by atoms with E-state index in [0.29, 0.717) is 33.5 Å². The van der Waals surface area contributed by atoms with E-state index in [2.05, 4.69) is 39.1 Å². The Kier molecular flexibility index (Phi) is 6.70. The second-order valence-electron chi connectivity index (χ2n) is 8.63. The van der Waals surface area contributed by atoms with Crippen LogP contribution in [0, 0.1) is 0 Å². The van der Waals surface area contributed by atoms with E-state index in [9.17, 15) is 14.7 Å². The third-order valence-corrected chi connectivity index (χ3v) is 7.17. The molecule has 0 aliphatic heterocycles. The highest BCUT2D eigenvalue weighted by Crippen LogP contribution is 2.27. The van der Waals surface area contributed by atoms with E-state index in [1.807, 2.05) is 18.2 Å². The largest absolute Gasteiger partial charge is 0.493 e. The fourth-order valence-electron chi connectivity index (χ4n) is 3.87. The van der Waals surface area contributed by atoms with E-state index in [1.54, 1.807) is 16.8 Å². The predicted molar refractivity (Wildman–Crippen MR) is 137 cm³/mol. The summed E-state index contributed by atoms with van der Waals surface area (Å²) in [5.74, 6) is -0.360. The van der Waals surface area contributed by atoms with Crippen LogP contribution in [0.25, 0.3) is 22.3 Å². The van der Waals surface area contributed by atoms with Gasteiger partial charge in [-0.3, -0.25) is 14.8 Å². The number of rotatable bonds is 9. The first-order valence-corrected chi connectivity index (χ1v) is 12.8. The zero-order chi connectivity index (χ0) is 25.2.